The highest BCUT2D eigenvalue weighted by atomic mass is 16.5. The molecule has 0 radical (unpaired) electrons. The van der Waals surface area contributed by atoms with Gasteiger partial charge in [-0.1, -0.05) is 30.3 Å². The van der Waals surface area contributed by atoms with Gasteiger partial charge >= 0.3 is 0 Å². The fraction of sp³-hybridized carbons (Fsp3) is 0.333. The molecule has 0 aliphatic rings. The standard InChI is InChI=1S/C15H17N3O2/c1-3-8-16-10(2)15-17-14(18-20-15)13-9-11-6-4-5-7-12(11)19-13/h4-7,9-10,16H,3,8H2,1-2H3. The van der Waals surface area contributed by atoms with Crippen molar-refractivity contribution in [2.75, 3.05) is 6.54 Å². The number of benzene rings is 1. The molecule has 0 saturated carbocycles. The number of rotatable bonds is 5. The summed E-state index contributed by atoms with van der Waals surface area (Å²) in [6.07, 6.45) is 1.06. The molecule has 104 valence electrons. The van der Waals surface area contributed by atoms with Crippen molar-refractivity contribution in [1.29, 1.82) is 0 Å². The Labute approximate surface area is 117 Å². The van der Waals surface area contributed by atoms with Gasteiger partial charge in [0, 0.05) is 5.39 Å². The average Bonchev–Trinajstić information content (AvgIpc) is 3.10. The van der Waals surface area contributed by atoms with Gasteiger partial charge in [-0.25, -0.2) is 0 Å². The number of furan rings is 1. The summed E-state index contributed by atoms with van der Waals surface area (Å²) in [6, 6.07) is 9.79. The van der Waals surface area contributed by atoms with Gasteiger partial charge in [-0.15, -0.1) is 0 Å². The van der Waals surface area contributed by atoms with Crippen molar-refractivity contribution in [3.05, 3.63) is 36.2 Å². The van der Waals surface area contributed by atoms with E-state index in [0.717, 1.165) is 23.9 Å². The third kappa shape index (κ3) is 2.44. The number of nitrogens with one attached hydrogen (secondary N) is 1. The molecule has 0 aliphatic carbocycles. The van der Waals surface area contributed by atoms with Crippen LogP contribution in [0.4, 0.5) is 0 Å². The number of aromatic nitrogens is 2. The fourth-order valence-electron chi connectivity index (χ4n) is 2.05. The van der Waals surface area contributed by atoms with Crippen LogP contribution in [0.2, 0.25) is 0 Å². The molecule has 1 aromatic carbocycles. The third-order valence-corrected chi connectivity index (χ3v) is 3.16. The van der Waals surface area contributed by atoms with Crippen molar-refractivity contribution in [1.82, 2.24) is 15.5 Å². The van der Waals surface area contributed by atoms with E-state index in [4.69, 9.17) is 8.94 Å². The van der Waals surface area contributed by atoms with Crippen LogP contribution in [0.1, 0.15) is 32.2 Å². The lowest BCUT2D eigenvalue weighted by molar-refractivity contribution is 0.339. The van der Waals surface area contributed by atoms with E-state index in [1.807, 2.05) is 37.3 Å². The molecule has 0 fully saturated rings. The molecule has 5 heteroatoms. The summed E-state index contributed by atoms with van der Waals surface area (Å²) in [5.41, 5.74) is 0.825. The van der Waals surface area contributed by atoms with E-state index in [2.05, 4.69) is 22.4 Å². The van der Waals surface area contributed by atoms with Crippen molar-refractivity contribution in [2.24, 2.45) is 0 Å². The van der Waals surface area contributed by atoms with E-state index in [1.54, 1.807) is 0 Å². The van der Waals surface area contributed by atoms with Gasteiger partial charge in [0.2, 0.25) is 11.7 Å². The molecule has 0 amide bonds. The van der Waals surface area contributed by atoms with Crippen LogP contribution in [-0.2, 0) is 0 Å². The van der Waals surface area contributed by atoms with E-state index in [9.17, 15) is 0 Å². The summed E-state index contributed by atoms with van der Waals surface area (Å²) in [4.78, 5) is 4.39. The van der Waals surface area contributed by atoms with Gasteiger partial charge in [0.25, 0.3) is 0 Å². The summed E-state index contributed by atoms with van der Waals surface area (Å²) in [5.74, 6) is 1.69. The molecule has 3 rings (SSSR count). The Hall–Kier alpha value is -2.14. The molecular weight excluding hydrogens is 254 g/mol. The first-order valence-electron chi connectivity index (χ1n) is 6.84. The molecule has 0 saturated heterocycles. The van der Waals surface area contributed by atoms with Crippen molar-refractivity contribution in [3.8, 4) is 11.6 Å². The highest BCUT2D eigenvalue weighted by Crippen LogP contribution is 2.26. The first-order chi connectivity index (χ1) is 9.78. The van der Waals surface area contributed by atoms with Crippen LogP contribution in [0.5, 0.6) is 0 Å². The van der Waals surface area contributed by atoms with Crippen molar-refractivity contribution in [2.45, 2.75) is 26.3 Å². The van der Waals surface area contributed by atoms with Gasteiger partial charge in [-0.3, -0.25) is 0 Å². The molecule has 3 aromatic rings. The lowest BCUT2D eigenvalue weighted by atomic mass is 10.2. The average molecular weight is 271 g/mol. The lowest BCUT2D eigenvalue weighted by Crippen LogP contribution is -2.19. The van der Waals surface area contributed by atoms with Crippen LogP contribution >= 0.6 is 0 Å². The number of hydrogen-bond donors (Lipinski definition) is 1. The largest absolute Gasteiger partial charge is 0.453 e. The molecule has 2 heterocycles. The smallest absolute Gasteiger partial charge is 0.243 e. The molecule has 1 N–H and O–H groups in total. The molecule has 2 aromatic heterocycles. The Bertz CT molecular complexity index is 669. The minimum atomic E-state index is 0.0422. The van der Waals surface area contributed by atoms with Gasteiger partial charge < -0.3 is 14.3 Å². The van der Waals surface area contributed by atoms with Crippen molar-refractivity contribution >= 4 is 11.0 Å². The Morgan fingerprint density at radius 1 is 1.30 bits per heavy atom. The Morgan fingerprint density at radius 3 is 2.95 bits per heavy atom. The monoisotopic (exact) mass is 271 g/mol. The van der Waals surface area contributed by atoms with E-state index >= 15 is 0 Å². The lowest BCUT2D eigenvalue weighted by Gasteiger charge is -2.06. The minimum absolute atomic E-state index is 0.0422. The van der Waals surface area contributed by atoms with Crippen LogP contribution in [0.3, 0.4) is 0 Å². The quantitative estimate of drug-likeness (QED) is 0.768. The molecule has 20 heavy (non-hydrogen) atoms. The molecule has 5 nitrogen and oxygen atoms in total. The van der Waals surface area contributed by atoms with E-state index in [0.29, 0.717) is 17.5 Å². The Kier molecular flexibility index (Phi) is 3.52. The van der Waals surface area contributed by atoms with Gasteiger partial charge in [-0.2, -0.15) is 4.98 Å². The summed E-state index contributed by atoms with van der Waals surface area (Å²) >= 11 is 0. The van der Waals surface area contributed by atoms with Gasteiger partial charge in [0.15, 0.2) is 5.76 Å². The maximum atomic E-state index is 5.72. The molecule has 1 atom stereocenters. The second kappa shape index (κ2) is 5.46. The van der Waals surface area contributed by atoms with Crippen molar-refractivity contribution in [3.63, 3.8) is 0 Å². The predicted molar refractivity (Wildman–Crippen MR) is 76.2 cm³/mol. The highest BCUT2D eigenvalue weighted by molar-refractivity contribution is 5.81. The van der Waals surface area contributed by atoms with Crippen LogP contribution in [0, 0.1) is 0 Å². The molecule has 0 spiro atoms. The normalized spacial score (nSPS) is 12.9. The Balaban J connectivity index is 1.85. The van der Waals surface area contributed by atoms with Gasteiger partial charge in [0.05, 0.1) is 6.04 Å². The zero-order chi connectivity index (χ0) is 13.9. The summed E-state index contributed by atoms with van der Waals surface area (Å²) < 4.78 is 11.0. The second-order valence-corrected chi connectivity index (χ2v) is 4.78. The summed E-state index contributed by atoms with van der Waals surface area (Å²) in [7, 11) is 0. The molecule has 0 aliphatic heterocycles. The third-order valence-electron chi connectivity index (χ3n) is 3.16. The number of para-hydroxylation sites is 1. The fourth-order valence-corrected chi connectivity index (χ4v) is 2.05. The Morgan fingerprint density at radius 2 is 2.15 bits per heavy atom. The van der Waals surface area contributed by atoms with Crippen LogP contribution in [0.25, 0.3) is 22.6 Å². The van der Waals surface area contributed by atoms with Crippen LogP contribution in [-0.4, -0.2) is 16.7 Å². The number of hydrogen-bond acceptors (Lipinski definition) is 5. The predicted octanol–water partition coefficient (Wildman–Crippen LogP) is 3.54. The van der Waals surface area contributed by atoms with Crippen LogP contribution in [0.15, 0.2) is 39.3 Å². The summed E-state index contributed by atoms with van der Waals surface area (Å²) in [5, 5.41) is 8.34. The zero-order valence-corrected chi connectivity index (χ0v) is 11.6. The maximum Gasteiger partial charge on any atom is 0.243 e. The number of fused-ring (bicyclic) bond motifs is 1. The topological polar surface area (TPSA) is 64.1 Å². The zero-order valence-electron chi connectivity index (χ0n) is 11.6. The SMILES string of the molecule is CCCNC(C)c1nc(-c2cc3ccccc3o2)no1. The first kappa shape index (κ1) is 12.9. The number of nitrogens with zero attached hydrogens (tertiary/aromatic N) is 2. The van der Waals surface area contributed by atoms with Gasteiger partial charge in [-0.05, 0) is 32.0 Å². The molecular formula is C15H17N3O2. The molecule has 1 unspecified atom stereocenters. The first-order valence-corrected chi connectivity index (χ1v) is 6.84. The van der Waals surface area contributed by atoms with Gasteiger partial charge in [0.1, 0.15) is 5.58 Å². The van der Waals surface area contributed by atoms with Crippen molar-refractivity contribution < 1.29 is 8.94 Å². The highest BCUT2D eigenvalue weighted by Gasteiger charge is 2.17. The van der Waals surface area contributed by atoms with E-state index in [1.165, 1.54) is 0 Å². The second-order valence-electron chi connectivity index (χ2n) is 4.78. The van der Waals surface area contributed by atoms with E-state index < -0.39 is 0 Å². The summed E-state index contributed by atoms with van der Waals surface area (Å²) in [6.45, 7) is 5.04. The maximum absolute atomic E-state index is 5.72. The van der Waals surface area contributed by atoms with Crippen LogP contribution < -0.4 is 5.32 Å². The molecule has 0 bridgehead atoms. The van der Waals surface area contributed by atoms with E-state index in [-0.39, 0.29) is 6.04 Å². The minimum Gasteiger partial charge on any atom is -0.453 e.